The molecule has 0 unspecified atom stereocenters. The fraction of sp³-hybridized carbons (Fsp3) is 0.143. The number of aryl methyl sites for hydroxylation is 1. The average molecular weight is 292 g/mol. The zero-order valence-electron chi connectivity index (χ0n) is 11.0. The third-order valence-corrected chi connectivity index (χ3v) is 3.26. The van der Waals surface area contributed by atoms with Gasteiger partial charge in [0.15, 0.2) is 5.65 Å². The lowest BCUT2D eigenvalue weighted by Gasteiger charge is -2.11. The van der Waals surface area contributed by atoms with E-state index in [9.17, 15) is 13.2 Å². The fourth-order valence-corrected chi connectivity index (χ4v) is 2.25. The van der Waals surface area contributed by atoms with Gasteiger partial charge in [-0.25, -0.2) is 9.50 Å². The number of hydrogen-bond acceptors (Lipinski definition) is 3. The number of fused-ring (bicyclic) bond motifs is 1. The van der Waals surface area contributed by atoms with E-state index in [1.165, 1.54) is 6.20 Å². The standard InChI is InChI=1S/C14H11F3N4/c1-8-4-2-3-5-9(8)12-11(18)7-19-13-10(14(15,16)17)6-20-21(12)13/h2-7H,18H2,1H3. The lowest BCUT2D eigenvalue weighted by atomic mass is 10.0. The zero-order valence-corrected chi connectivity index (χ0v) is 11.0. The molecule has 2 N–H and O–H groups in total. The maximum Gasteiger partial charge on any atom is 0.421 e. The molecule has 108 valence electrons. The summed E-state index contributed by atoms with van der Waals surface area (Å²) in [5.41, 5.74) is 7.06. The van der Waals surface area contributed by atoms with Crippen molar-refractivity contribution in [2.75, 3.05) is 5.73 Å². The Labute approximate surface area is 118 Å². The number of benzene rings is 1. The van der Waals surface area contributed by atoms with Crippen LogP contribution in [-0.4, -0.2) is 14.6 Å². The molecule has 21 heavy (non-hydrogen) atoms. The van der Waals surface area contributed by atoms with Crippen LogP contribution in [0, 0.1) is 6.92 Å². The van der Waals surface area contributed by atoms with Gasteiger partial charge >= 0.3 is 6.18 Å². The Hall–Kier alpha value is -2.57. The highest BCUT2D eigenvalue weighted by Crippen LogP contribution is 2.35. The van der Waals surface area contributed by atoms with E-state index in [1.54, 1.807) is 12.1 Å². The van der Waals surface area contributed by atoms with Gasteiger partial charge in [-0.2, -0.15) is 18.3 Å². The van der Waals surface area contributed by atoms with Crippen molar-refractivity contribution in [2.24, 2.45) is 0 Å². The Morgan fingerprint density at radius 1 is 1.14 bits per heavy atom. The molecule has 4 nitrogen and oxygen atoms in total. The van der Waals surface area contributed by atoms with Crippen LogP contribution in [0.2, 0.25) is 0 Å². The summed E-state index contributed by atoms with van der Waals surface area (Å²) in [4.78, 5) is 3.78. The third kappa shape index (κ3) is 2.10. The molecule has 0 saturated carbocycles. The monoisotopic (exact) mass is 292 g/mol. The van der Waals surface area contributed by atoms with E-state index < -0.39 is 11.7 Å². The number of hydrogen-bond donors (Lipinski definition) is 1. The molecule has 0 aliphatic carbocycles. The molecule has 2 heterocycles. The SMILES string of the molecule is Cc1ccccc1-c1c(N)cnc2c(C(F)(F)F)cnn12. The number of alkyl halides is 3. The van der Waals surface area contributed by atoms with Gasteiger partial charge in [0.2, 0.25) is 0 Å². The highest BCUT2D eigenvalue weighted by Gasteiger charge is 2.35. The minimum atomic E-state index is -4.51. The van der Waals surface area contributed by atoms with Crippen molar-refractivity contribution in [1.29, 1.82) is 0 Å². The van der Waals surface area contributed by atoms with Gasteiger partial charge in [-0.3, -0.25) is 0 Å². The Balaban J connectivity index is 2.36. The van der Waals surface area contributed by atoms with E-state index in [-0.39, 0.29) is 11.3 Å². The number of nitrogen functional groups attached to an aromatic ring is 1. The molecule has 1 aromatic carbocycles. The van der Waals surface area contributed by atoms with E-state index in [0.717, 1.165) is 21.8 Å². The lowest BCUT2D eigenvalue weighted by molar-refractivity contribution is -0.136. The van der Waals surface area contributed by atoms with Crippen LogP contribution in [0.5, 0.6) is 0 Å². The maximum atomic E-state index is 12.9. The van der Waals surface area contributed by atoms with Gasteiger partial charge in [-0.05, 0) is 12.5 Å². The Morgan fingerprint density at radius 2 is 1.86 bits per heavy atom. The van der Waals surface area contributed by atoms with Crippen LogP contribution in [-0.2, 0) is 6.18 Å². The Morgan fingerprint density at radius 3 is 2.52 bits per heavy atom. The largest absolute Gasteiger partial charge is 0.421 e. The number of rotatable bonds is 1. The van der Waals surface area contributed by atoms with Crippen LogP contribution < -0.4 is 5.73 Å². The van der Waals surface area contributed by atoms with E-state index in [4.69, 9.17) is 5.73 Å². The number of aromatic nitrogens is 3. The predicted octanol–water partition coefficient (Wildman–Crippen LogP) is 3.31. The second-order valence-corrected chi connectivity index (χ2v) is 4.67. The molecule has 0 fully saturated rings. The second-order valence-electron chi connectivity index (χ2n) is 4.67. The Bertz CT molecular complexity index is 821. The molecular weight excluding hydrogens is 281 g/mol. The maximum absolute atomic E-state index is 12.9. The predicted molar refractivity (Wildman–Crippen MR) is 72.6 cm³/mol. The minimum absolute atomic E-state index is 0.255. The molecule has 0 spiro atoms. The summed E-state index contributed by atoms with van der Waals surface area (Å²) in [6, 6.07) is 7.28. The second kappa shape index (κ2) is 4.47. The minimum Gasteiger partial charge on any atom is -0.396 e. The van der Waals surface area contributed by atoms with Crippen LogP contribution in [0.3, 0.4) is 0 Å². The first-order valence-electron chi connectivity index (χ1n) is 6.15. The van der Waals surface area contributed by atoms with Crippen LogP contribution >= 0.6 is 0 Å². The molecule has 0 saturated heterocycles. The molecule has 3 rings (SSSR count). The first kappa shape index (κ1) is 13.4. The van der Waals surface area contributed by atoms with Gasteiger partial charge < -0.3 is 5.73 Å². The summed E-state index contributed by atoms with van der Waals surface area (Å²) >= 11 is 0. The normalized spacial score (nSPS) is 12.0. The van der Waals surface area contributed by atoms with Gasteiger partial charge in [0.05, 0.1) is 23.8 Å². The highest BCUT2D eigenvalue weighted by molar-refractivity contribution is 5.77. The van der Waals surface area contributed by atoms with Crippen molar-refractivity contribution in [2.45, 2.75) is 13.1 Å². The van der Waals surface area contributed by atoms with Gasteiger partial charge in [0, 0.05) is 5.56 Å². The first-order valence-corrected chi connectivity index (χ1v) is 6.15. The lowest BCUT2D eigenvalue weighted by Crippen LogP contribution is -2.07. The van der Waals surface area contributed by atoms with Crippen molar-refractivity contribution >= 4 is 11.3 Å². The summed E-state index contributed by atoms with van der Waals surface area (Å²) in [5.74, 6) is 0. The van der Waals surface area contributed by atoms with Gasteiger partial charge in [-0.1, -0.05) is 24.3 Å². The first-order chi connectivity index (χ1) is 9.89. The molecule has 0 bridgehead atoms. The van der Waals surface area contributed by atoms with Crippen LogP contribution in [0.15, 0.2) is 36.7 Å². The smallest absolute Gasteiger partial charge is 0.396 e. The van der Waals surface area contributed by atoms with Crippen molar-refractivity contribution in [1.82, 2.24) is 14.6 Å². The molecule has 7 heteroatoms. The number of anilines is 1. The van der Waals surface area contributed by atoms with E-state index in [0.29, 0.717) is 5.69 Å². The molecular formula is C14H11F3N4. The average Bonchev–Trinajstić information content (AvgIpc) is 2.84. The van der Waals surface area contributed by atoms with Gasteiger partial charge in [0.25, 0.3) is 0 Å². The summed E-state index contributed by atoms with van der Waals surface area (Å²) in [6.07, 6.45) is -2.51. The van der Waals surface area contributed by atoms with Crippen molar-refractivity contribution in [3.8, 4) is 11.3 Å². The van der Waals surface area contributed by atoms with Crippen molar-refractivity contribution < 1.29 is 13.2 Å². The molecule has 0 aliphatic heterocycles. The van der Waals surface area contributed by atoms with Crippen molar-refractivity contribution in [3.05, 3.63) is 47.8 Å². The van der Waals surface area contributed by atoms with Crippen molar-refractivity contribution in [3.63, 3.8) is 0 Å². The highest BCUT2D eigenvalue weighted by atomic mass is 19.4. The topological polar surface area (TPSA) is 56.2 Å². The summed E-state index contributed by atoms with van der Waals surface area (Å²) in [5, 5.41) is 3.82. The molecule has 0 aliphatic rings. The molecule has 0 amide bonds. The molecule has 0 atom stereocenters. The molecule has 2 aromatic heterocycles. The third-order valence-electron chi connectivity index (χ3n) is 3.26. The quantitative estimate of drug-likeness (QED) is 0.748. The van der Waals surface area contributed by atoms with E-state index >= 15 is 0 Å². The summed E-state index contributed by atoms with van der Waals surface area (Å²) in [6.45, 7) is 1.86. The number of halogens is 3. The molecule has 3 aromatic rings. The fourth-order valence-electron chi connectivity index (χ4n) is 2.25. The van der Waals surface area contributed by atoms with Gasteiger partial charge in [0.1, 0.15) is 5.56 Å². The number of nitrogens with zero attached hydrogens (tertiary/aromatic N) is 3. The molecule has 0 radical (unpaired) electrons. The Kier molecular flexibility index (Phi) is 2.86. The van der Waals surface area contributed by atoms with Gasteiger partial charge in [-0.15, -0.1) is 0 Å². The summed E-state index contributed by atoms with van der Waals surface area (Å²) < 4.78 is 40.0. The van der Waals surface area contributed by atoms with E-state index in [1.807, 2.05) is 19.1 Å². The number of nitrogens with two attached hydrogens (primary N) is 1. The zero-order chi connectivity index (χ0) is 15.2. The summed E-state index contributed by atoms with van der Waals surface area (Å²) in [7, 11) is 0. The van der Waals surface area contributed by atoms with Crippen LogP contribution in [0.1, 0.15) is 11.1 Å². The van der Waals surface area contributed by atoms with Crippen LogP contribution in [0.25, 0.3) is 16.9 Å². The van der Waals surface area contributed by atoms with Crippen LogP contribution in [0.4, 0.5) is 18.9 Å². The van der Waals surface area contributed by atoms with E-state index in [2.05, 4.69) is 10.1 Å².